The van der Waals surface area contributed by atoms with E-state index in [1.165, 1.54) is 11.1 Å². The summed E-state index contributed by atoms with van der Waals surface area (Å²) in [6.45, 7) is 6.81. The summed E-state index contributed by atoms with van der Waals surface area (Å²) in [7, 11) is 0. The fraction of sp³-hybridized carbons (Fsp3) is 0.684. The smallest absolute Gasteiger partial charge is 0.115 e. The molecule has 0 saturated carbocycles. The van der Waals surface area contributed by atoms with Crippen molar-refractivity contribution in [3.63, 3.8) is 0 Å². The number of phenols is 1. The monoisotopic (exact) mass is 320 g/mol. The lowest BCUT2D eigenvalue weighted by Crippen LogP contribution is -2.35. The zero-order chi connectivity index (χ0) is 16.0. The third kappa shape index (κ3) is 2.90. The number of rotatable bonds is 0. The highest BCUT2D eigenvalue weighted by molar-refractivity contribution is 8.00. The first-order chi connectivity index (χ1) is 10.3. The molecule has 0 unspecified atom stereocenters. The molecule has 0 aromatic heterocycles. The summed E-state index contributed by atoms with van der Waals surface area (Å²) in [6.07, 6.45) is 5.07. The van der Waals surface area contributed by atoms with Crippen LogP contribution < -0.4 is 0 Å². The van der Waals surface area contributed by atoms with Crippen molar-refractivity contribution in [3.8, 4) is 5.75 Å². The van der Waals surface area contributed by atoms with E-state index in [9.17, 15) is 10.2 Å². The zero-order valence-corrected chi connectivity index (χ0v) is 14.7. The van der Waals surface area contributed by atoms with Crippen LogP contribution in [-0.2, 0) is 6.42 Å². The second-order valence-electron chi connectivity index (χ2n) is 7.93. The first-order valence-electron chi connectivity index (χ1n) is 8.46. The topological polar surface area (TPSA) is 40.5 Å². The molecule has 0 bridgehead atoms. The predicted molar refractivity (Wildman–Crippen MR) is 93.7 cm³/mol. The molecule has 1 saturated heterocycles. The molecule has 3 heteroatoms. The van der Waals surface area contributed by atoms with Crippen LogP contribution >= 0.6 is 11.8 Å². The van der Waals surface area contributed by atoms with Gasteiger partial charge in [0.25, 0.3) is 0 Å². The van der Waals surface area contributed by atoms with E-state index >= 15 is 0 Å². The van der Waals surface area contributed by atoms with Gasteiger partial charge in [-0.2, -0.15) is 11.8 Å². The summed E-state index contributed by atoms with van der Waals surface area (Å²) in [6, 6.07) is 5.92. The summed E-state index contributed by atoms with van der Waals surface area (Å²) < 4.78 is 0.254. The van der Waals surface area contributed by atoms with Crippen LogP contribution in [0.5, 0.6) is 5.75 Å². The summed E-state index contributed by atoms with van der Waals surface area (Å²) in [5.74, 6) is 1.94. The summed E-state index contributed by atoms with van der Waals surface area (Å²) in [5.41, 5.74) is 2.73. The minimum absolute atomic E-state index is 0.0136. The van der Waals surface area contributed by atoms with Gasteiger partial charge in [0.1, 0.15) is 5.75 Å². The molecule has 22 heavy (non-hydrogen) atoms. The molecule has 3 rings (SSSR count). The van der Waals surface area contributed by atoms with Crippen LogP contribution in [0.3, 0.4) is 0 Å². The minimum atomic E-state index is -0.206. The van der Waals surface area contributed by atoms with E-state index in [4.69, 9.17) is 0 Å². The predicted octanol–water partition coefficient (Wildman–Crippen LogP) is 4.48. The van der Waals surface area contributed by atoms with Gasteiger partial charge in [-0.15, -0.1) is 0 Å². The Morgan fingerprint density at radius 3 is 2.68 bits per heavy atom. The first kappa shape index (κ1) is 16.2. The van der Waals surface area contributed by atoms with Crippen LogP contribution in [0, 0.1) is 5.41 Å². The number of hydrogen-bond donors (Lipinski definition) is 2. The maximum Gasteiger partial charge on any atom is 0.115 e. The SMILES string of the molecule is CC1(C)CC[C@@H]2c3ccc(O)cc3CC[C@@]2(C)SCC[C@@H]1O. The number of aromatic hydroxyl groups is 1. The largest absolute Gasteiger partial charge is 0.508 e. The van der Waals surface area contributed by atoms with Gasteiger partial charge in [-0.25, -0.2) is 0 Å². The van der Waals surface area contributed by atoms with Gasteiger partial charge in [0.05, 0.1) is 6.10 Å². The standard InChI is InChI=1S/C19H28O2S/c1-18(2)9-7-16-15-5-4-14(20)12-13(15)6-10-19(16,3)22-11-8-17(18)21/h4-5,12,16-17,20-21H,6-11H2,1-3H3/t16-,17+,19-/m1/s1. The van der Waals surface area contributed by atoms with Crippen molar-refractivity contribution >= 4 is 11.8 Å². The van der Waals surface area contributed by atoms with E-state index in [0.29, 0.717) is 11.7 Å². The average Bonchev–Trinajstić information content (AvgIpc) is 2.49. The molecule has 2 nitrogen and oxygen atoms in total. The van der Waals surface area contributed by atoms with Gasteiger partial charge >= 0.3 is 0 Å². The Hall–Kier alpha value is -0.670. The number of hydrogen-bond acceptors (Lipinski definition) is 3. The van der Waals surface area contributed by atoms with Gasteiger partial charge in [0, 0.05) is 4.75 Å². The molecule has 1 fully saturated rings. The van der Waals surface area contributed by atoms with Gasteiger partial charge in [-0.1, -0.05) is 19.9 Å². The third-order valence-corrected chi connectivity index (χ3v) is 7.52. The van der Waals surface area contributed by atoms with Crippen LogP contribution in [-0.4, -0.2) is 26.8 Å². The molecule has 0 spiro atoms. The zero-order valence-electron chi connectivity index (χ0n) is 13.9. The number of aliphatic hydroxyl groups excluding tert-OH is 1. The molecule has 122 valence electrons. The van der Waals surface area contributed by atoms with Crippen molar-refractivity contribution in [2.75, 3.05) is 5.75 Å². The van der Waals surface area contributed by atoms with Crippen molar-refractivity contribution < 1.29 is 10.2 Å². The van der Waals surface area contributed by atoms with Crippen LogP contribution in [0.2, 0.25) is 0 Å². The Labute approximate surface area is 138 Å². The van der Waals surface area contributed by atoms with Gasteiger partial charge < -0.3 is 10.2 Å². The van der Waals surface area contributed by atoms with E-state index in [1.807, 2.05) is 23.9 Å². The van der Waals surface area contributed by atoms with Crippen molar-refractivity contribution in [1.29, 1.82) is 0 Å². The molecule has 0 radical (unpaired) electrons. The quantitative estimate of drug-likeness (QED) is 0.740. The van der Waals surface area contributed by atoms with E-state index in [1.54, 1.807) is 0 Å². The number of phenolic OH excluding ortho intramolecular Hbond substituents is 1. The van der Waals surface area contributed by atoms with Gasteiger partial charge in [-0.05, 0) is 79.4 Å². The van der Waals surface area contributed by atoms with E-state index < -0.39 is 0 Å². The number of fused-ring (bicyclic) bond motifs is 3. The molecule has 3 atom stereocenters. The van der Waals surface area contributed by atoms with Gasteiger partial charge in [0.2, 0.25) is 0 Å². The van der Waals surface area contributed by atoms with Gasteiger partial charge in [-0.3, -0.25) is 0 Å². The number of aryl methyl sites for hydroxylation is 1. The maximum absolute atomic E-state index is 10.5. The Bertz CT molecular complexity index is 554. The highest BCUT2D eigenvalue weighted by Crippen LogP contribution is 2.52. The van der Waals surface area contributed by atoms with Gasteiger partial charge in [0.15, 0.2) is 0 Å². The molecule has 1 aliphatic carbocycles. The second kappa shape index (κ2) is 5.76. The molecule has 0 amide bonds. The molecular formula is C19H28O2S. The number of aliphatic hydroxyl groups is 1. The summed E-state index contributed by atoms with van der Waals surface area (Å²) in [4.78, 5) is 0. The normalized spacial score (nSPS) is 34.7. The number of benzene rings is 1. The fourth-order valence-electron chi connectivity index (χ4n) is 4.15. The Kier molecular flexibility index (Phi) is 4.24. The lowest BCUT2D eigenvalue weighted by molar-refractivity contribution is 0.0395. The summed E-state index contributed by atoms with van der Waals surface area (Å²) >= 11 is 2.05. The first-order valence-corrected chi connectivity index (χ1v) is 9.44. The molecule has 1 aliphatic heterocycles. The lowest BCUT2D eigenvalue weighted by atomic mass is 9.70. The Morgan fingerprint density at radius 1 is 1.14 bits per heavy atom. The van der Waals surface area contributed by atoms with Crippen LogP contribution in [0.15, 0.2) is 18.2 Å². The van der Waals surface area contributed by atoms with Crippen molar-refractivity contribution in [3.05, 3.63) is 29.3 Å². The van der Waals surface area contributed by atoms with Crippen LogP contribution in [0.4, 0.5) is 0 Å². The summed E-state index contributed by atoms with van der Waals surface area (Å²) in [5, 5.41) is 20.2. The average molecular weight is 320 g/mol. The molecular weight excluding hydrogens is 292 g/mol. The molecule has 1 aromatic rings. The molecule has 2 N–H and O–H groups in total. The third-order valence-electron chi connectivity index (χ3n) is 5.93. The van der Waals surface area contributed by atoms with E-state index in [0.717, 1.165) is 37.9 Å². The maximum atomic E-state index is 10.5. The van der Waals surface area contributed by atoms with Crippen molar-refractivity contribution in [2.24, 2.45) is 5.41 Å². The fourth-order valence-corrected chi connectivity index (χ4v) is 5.65. The Balaban J connectivity index is 1.96. The van der Waals surface area contributed by atoms with E-state index in [2.05, 4.69) is 26.8 Å². The van der Waals surface area contributed by atoms with E-state index in [-0.39, 0.29) is 16.3 Å². The second-order valence-corrected chi connectivity index (χ2v) is 9.56. The highest BCUT2D eigenvalue weighted by atomic mass is 32.2. The van der Waals surface area contributed by atoms with Crippen LogP contribution in [0.1, 0.15) is 63.5 Å². The molecule has 1 heterocycles. The molecule has 2 aliphatic rings. The minimum Gasteiger partial charge on any atom is -0.508 e. The lowest BCUT2D eigenvalue weighted by Gasteiger charge is -2.43. The van der Waals surface area contributed by atoms with Crippen molar-refractivity contribution in [2.45, 2.75) is 69.6 Å². The molecule has 1 aromatic carbocycles. The van der Waals surface area contributed by atoms with Crippen LogP contribution in [0.25, 0.3) is 0 Å². The number of thioether (sulfide) groups is 1. The Morgan fingerprint density at radius 2 is 1.91 bits per heavy atom. The highest BCUT2D eigenvalue weighted by Gasteiger charge is 2.42. The van der Waals surface area contributed by atoms with Crippen molar-refractivity contribution in [1.82, 2.24) is 0 Å².